The maximum atomic E-state index is 13.9. The summed E-state index contributed by atoms with van der Waals surface area (Å²) in [6.45, 7) is 0.351. The Kier molecular flexibility index (Phi) is 6.64. The summed E-state index contributed by atoms with van der Waals surface area (Å²) in [6, 6.07) is 13.0. The van der Waals surface area contributed by atoms with Crippen LogP contribution < -0.4 is 15.6 Å². The predicted octanol–water partition coefficient (Wildman–Crippen LogP) is 4.14. The van der Waals surface area contributed by atoms with Crippen LogP contribution in [0.5, 0.6) is 5.75 Å². The van der Waals surface area contributed by atoms with Crippen molar-refractivity contribution in [2.24, 2.45) is 0 Å². The van der Waals surface area contributed by atoms with E-state index in [9.17, 15) is 9.59 Å². The Morgan fingerprint density at radius 3 is 2.82 bits per heavy atom. The number of carbonyl (C=O) groups is 1. The fraction of sp³-hybridized carbons (Fsp3) is 0.280. The highest BCUT2D eigenvalue weighted by molar-refractivity contribution is 7.99. The first kappa shape index (κ1) is 22.6. The van der Waals surface area contributed by atoms with Gasteiger partial charge in [0.15, 0.2) is 5.16 Å². The molecule has 1 aromatic carbocycles. The quantitative estimate of drug-likeness (QED) is 0.308. The number of aromatic nitrogens is 3. The zero-order valence-electron chi connectivity index (χ0n) is 18.7. The Morgan fingerprint density at radius 2 is 2.00 bits per heavy atom. The summed E-state index contributed by atoms with van der Waals surface area (Å²) in [6.07, 6.45) is 5.81. The summed E-state index contributed by atoms with van der Waals surface area (Å²) in [7, 11) is 1.58. The Balaban J connectivity index is 1.51. The van der Waals surface area contributed by atoms with Gasteiger partial charge in [0, 0.05) is 11.1 Å². The van der Waals surface area contributed by atoms with Gasteiger partial charge in [0.05, 0.1) is 36.2 Å². The topological polar surface area (TPSA) is 86.1 Å². The molecule has 0 radical (unpaired) electrons. The number of thiophene rings is 1. The molecule has 4 aromatic rings. The van der Waals surface area contributed by atoms with Gasteiger partial charge in [-0.3, -0.25) is 19.1 Å². The van der Waals surface area contributed by atoms with E-state index in [2.05, 4.69) is 10.3 Å². The van der Waals surface area contributed by atoms with Crippen molar-refractivity contribution in [2.75, 3.05) is 12.9 Å². The second kappa shape index (κ2) is 9.99. The number of amides is 1. The zero-order valence-corrected chi connectivity index (χ0v) is 20.4. The van der Waals surface area contributed by atoms with Crippen molar-refractivity contribution in [3.8, 4) is 11.4 Å². The average Bonchev–Trinajstić information content (AvgIpc) is 3.25. The number of rotatable bonds is 7. The van der Waals surface area contributed by atoms with Crippen molar-refractivity contribution in [3.05, 3.63) is 75.1 Å². The third kappa shape index (κ3) is 4.45. The van der Waals surface area contributed by atoms with E-state index >= 15 is 0 Å². The molecule has 0 atom stereocenters. The minimum Gasteiger partial charge on any atom is -0.495 e. The maximum Gasteiger partial charge on any atom is 0.267 e. The third-order valence-corrected chi connectivity index (χ3v) is 7.93. The van der Waals surface area contributed by atoms with Crippen molar-refractivity contribution in [2.45, 2.75) is 37.4 Å². The van der Waals surface area contributed by atoms with E-state index in [1.165, 1.54) is 16.6 Å². The summed E-state index contributed by atoms with van der Waals surface area (Å²) in [5.74, 6) is 0.559. The fourth-order valence-corrected chi connectivity index (χ4v) is 6.32. The average molecular weight is 493 g/mol. The Morgan fingerprint density at radius 1 is 1.18 bits per heavy atom. The molecule has 0 spiro atoms. The van der Waals surface area contributed by atoms with Crippen LogP contribution in [0.2, 0.25) is 0 Å². The SMILES string of the molecule is COc1ccccc1-n1c(SCC(=O)NCc2ccccn2)nc2sc3c(c2c1=O)CCCC3. The van der Waals surface area contributed by atoms with Gasteiger partial charge in [-0.15, -0.1) is 11.3 Å². The lowest BCUT2D eigenvalue weighted by Crippen LogP contribution is -2.26. The first-order valence-electron chi connectivity index (χ1n) is 11.2. The number of ether oxygens (including phenoxy) is 1. The molecule has 34 heavy (non-hydrogen) atoms. The van der Waals surface area contributed by atoms with Crippen LogP contribution in [-0.2, 0) is 24.2 Å². The molecule has 0 aliphatic heterocycles. The molecular formula is C25H24N4O3S2. The number of aryl methyl sites for hydroxylation is 2. The van der Waals surface area contributed by atoms with Crippen molar-refractivity contribution in [1.29, 1.82) is 0 Å². The number of fused-ring (bicyclic) bond motifs is 3. The first-order chi connectivity index (χ1) is 16.7. The van der Waals surface area contributed by atoms with Gasteiger partial charge in [0.1, 0.15) is 10.6 Å². The molecule has 1 amide bonds. The summed E-state index contributed by atoms with van der Waals surface area (Å²) in [4.78, 5) is 37.5. The van der Waals surface area contributed by atoms with E-state index in [1.54, 1.807) is 29.2 Å². The second-order valence-electron chi connectivity index (χ2n) is 7.98. The molecule has 0 unspecified atom stereocenters. The number of para-hydroxylation sites is 2. The van der Waals surface area contributed by atoms with Crippen LogP contribution in [0.3, 0.4) is 0 Å². The van der Waals surface area contributed by atoms with E-state index in [-0.39, 0.29) is 17.2 Å². The van der Waals surface area contributed by atoms with Crippen LogP contribution in [-0.4, -0.2) is 33.3 Å². The summed E-state index contributed by atoms with van der Waals surface area (Å²) in [5.41, 5.74) is 2.44. The molecule has 174 valence electrons. The second-order valence-corrected chi connectivity index (χ2v) is 10.0. The summed E-state index contributed by atoms with van der Waals surface area (Å²) < 4.78 is 7.15. The molecule has 7 nitrogen and oxygen atoms in total. The Labute approximate surface area is 205 Å². The molecule has 1 N–H and O–H groups in total. The lowest BCUT2D eigenvalue weighted by atomic mass is 9.97. The maximum absolute atomic E-state index is 13.9. The van der Waals surface area contributed by atoms with Gasteiger partial charge in [0.25, 0.3) is 5.56 Å². The summed E-state index contributed by atoms with van der Waals surface area (Å²) >= 11 is 2.86. The molecule has 1 aliphatic carbocycles. The van der Waals surface area contributed by atoms with Crippen LogP contribution in [0.15, 0.2) is 58.6 Å². The van der Waals surface area contributed by atoms with Crippen LogP contribution in [0, 0.1) is 0 Å². The molecule has 5 rings (SSSR count). The number of hydrogen-bond donors (Lipinski definition) is 1. The van der Waals surface area contributed by atoms with Gasteiger partial charge < -0.3 is 10.1 Å². The van der Waals surface area contributed by atoms with Crippen molar-refractivity contribution in [1.82, 2.24) is 19.9 Å². The highest BCUT2D eigenvalue weighted by Gasteiger charge is 2.24. The molecule has 0 saturated heterocycles. The number of methoxy groups -OCH3 is 1. The number of pyridine rings is 1. The molecule has 3 aromatic heterocycles. The lowest BCUT2D eigenvalue weighted by molar-refractivity contribution is -0.118. The van der Waals surface area contributed by atoms with E-state index in [1.807, 2.05) is 42.5 Å². The molecule has 3 heterocycles. The van der Waals surface area contributed by atoms with Gasteiger partial charge >= 0.3 is 0 Å². The number of benzene rings is 1. The largest absolute Gasteiger partial charge is 0.495 e. The van der Waals surface area contributed by atoms with E-state index in [0.29, 0.717) is 28.5 Å². The number of thioether (sulfide) groups is 1. The normalized spacial score (nSPS) is 13.0. The minimum absolute atomic E-state index is 0.106. The van der Waals surface area contributed by atoms with Gasteiger partial charge in [-0.2, -0.15) is 0 Å². The molecule has 0 saturated carbocycles. The van der Waals surface area contributed by atoms with Crippen molar-refractivity contribution < 1.29 is 9.53 Å². The number of nitrogens with one attached hydrogen (secondary N) is 1. The van der Waals surface area contributed by atoms with Gasteiger partial charge in [-0.05, 0) is 55.5 Å². The van der Waals surface area contributed by atoms with Gasteiger partial charge in [-0.1, -0.05) is 30.0 Å². The van der Waals surface area contributed by atoms with E-state index < -0.39 is 0 Å². The van der Waals surface area contributed by atoms with Crippen LogP contribution in [0.4, 0.5) is 0 Å². The van der Waals surface area contributed by atoms with Gasteiger partial charge in [0.2, 0.25) is 5.91 Å². The van der Waals surface area contributed by atoms with Gasteiger partial charge in [-0.25, -0.2) is 4.98 Å². The lowest BCUT2D eigenvalue weighted by Gasteiger charge is -2.15. The number of carbonyl (C=O) groups excluding carboxylic acids is 1. The van der Waals surface area contributed by atoms with Crippen LogP contribution >= 0.6 is 23.1 Å². The molecular weight excluding hydrogens is 468 g/mol. The smallest absolute Gasteiger partial charge is 0.267 e. The van der Waals surface area contributed by atoms with E-state index in [4.69, 9.17) is 9.72 Å². The molecule has 0 bridgehead atoms. The number of nitrogens with zero attached hydrogens (tertiary/aromatic N) is 3. The highest BCUT2D eigenvalue weighted by Crippen LogP contribution is 2.36. The Bertz CT molecular complexity index is 1400. The minimum atomic E-state index is -0.151. The third-order valence-electron chi connectivity index (χ3n) is 5.81. The Hall–Kier alpha value is -3.17. The molecule has 0 fully saturated rings. The number of hydrogen-bond acceptors (Lipinski definition) is 7. The van der Waals surface area contributed by atoms with Crippen LogP contribution in [0.1, 0.15) is 29.0 Å². The van der Waals surface area contributed by atoms with Crippen LogP contribution in [0.25, 0.3) is 15.9 Å². The van der Waals surface area contributed by atoms with Crippen molar-refractivity contribution >= 4 is 39.2 Å². The molecule has 9 heteroatoms. The monoisotopic (exact) mass is 492 g/mol. The van der Waals surface area contributed by atoms with E-state index in [0.717, 1.165) is 41.8 Å². The predicted molar refractivity (Wildman–Crippen MR) is 135 cm³/mol. The van der Waals surface area contributed by atoms with Crippen molar-refractivity contribution in [3.63, 3.8) is 0 Å². The highest BCUT2D eigenvalue weighted by atomic mass is 32.2. The fourth-order valence-electron chi connectivity index (χ4n) is 4.18. The standard InChI is InChI=1S/C25H24N4O3S2/c1-32-19-11-4-3-10-18(19)29-24(31)22-17-9-2-5-12-20(17)34-23(22)28-25(29)33-15-21(30)27-14-16-8-6-7-13-26-16/h3-4,6-8,10-11,13H,2,5,9,12,14-15H2,1H3,(H,27,30). The summed E-state index contributed by atoms with van der Waals surface area (Å²) in [5, 5.41) is 4.07. The zero-order chi connectivity index (χ0) is 23.5. The first-order valence-corrected chi connectivity index (χ1v) is 13.0. The molecule has 1 aliphatic rings.